The number of hydrogen-bond donors (Lipinski definition) is 2. The highest BCUT2D eigenvalue weighted by Crippen LogP contribution is 2.34. The average Bonchev–Trinajstić information content (AvgIpc) is 2.78. The lowest BCUT2D eigenvalue weighted by molar-refractivity contribution is -0.137. The third kappa shape index (κ3) is 6.93. The van der Waals surface area contributed by atoms with E-state index in [0.717, 1.165) is 11.6 Å². The Kier molecular flexibility index (Phi) is 8.34. The minimum absolute atomic E-state index is 0.0207. The molecule has 0 saturated carbocycles. The fraction of sp³-hybridized carbons (Fsp3) is 0.391. The van der Waals surface area contributed by atoms with Crippen molar-refractivity contribution in [1.82, 2.24) is 15.1 Å². The van der Waals surface area contributed by atoms with Crippen LogP contribution < -0.4 is 10.6 Å². The average molecular weight is 483 g/mol. The van der Waals surface area contributed by atoms with Crippen LogP contribution in [0.15, 0.2) is 48.5 Å². The van der Waals surface area contributed by atoms with E-state index >= 15 is 0 Å². The first-order chi connectivity index (χ1) is 15.6. The van der Waals surface area contributed by atoms with Gasteiger partial charge in [0.1, 0.15) is 0 Å². The number of hydrogen-bond acceptors (Lipinski definition) is 4. The van der Waals surface area contributed by atoms with Crippen molar-refractivity contribution in [3.05, 3.63) is 64.7 Å². The van der Waals surface area contributed by atoms with E-state index in [9.17, 15) is 22.8 Å². The van der Waals surface area contributed by atoms with Gasteiger partial charge in [-0.25, -0.2) is 0 Å². The van der Waals surface area contributed by atoms with E-state index in [1.165, 1.54) is 18.2 Å². The van der Waals surface area contributed by atoms with E-state index < -0.39 is 17.6 Å². The van der Waals surface area contributed by atoms with Crippen LogP contribution in [0.3, 0.4) is 0 Å². The highest BCUT2D eigenvalue weighted by atomic mass is 35.5. The number of rotatable bonds is 7. The zero-order valence-corrected chi connectivity index (χ0v) is 18.9. The summed E-state index contributed by atoms with van der Waals surface area (Å²) in [6.07, 6.45) is -4.54. The smallest absolute Gasteiger partial charge is 0.351 e. The largest absolute Gasteiger partial charge is 0.418 e. The number of carbonyl (C=O) groups excluding carboxylic acids is 2. The minimum Gasteiger partial charge on any atom is -0.351 e. The molecule has 2 amide bonds. The topological polar surface area (TPSA) is 64.7 Å². The van der Waals surface area contributed by atoms with Crippen LogP contribution in [-0.4, -0.2) is 60.4 Å². The standard InChI is InChI=1S/C23H26ClF3N4O2/c1-16(22(33)28-14-17-6-2-4-8-19(17)24)31-12-10-30(11-13-31)15-21(32)29-20-9-5-3-7-18(20)23(25,26)27/h2-9,16H,10-15H2,1H3,(H,28,33)(H,29,32)/t16-/m1/s1. The summed E-state index contributed by atoms with van der Waals surface area (Å²) < 4.78 is 39.3. The molecule has 0 unspecified atom stereocenters. The van der Waals surface area contributed by atoms with E-state index in [2.05, 4.69) is 10.6 Å². The molecule has 0 aliphatic carbocycles. The van der Waals surface area contributed by atoms with Gasteiger partial charge in [0.05, 0.1) is 23.8 Å². The lowest BCUT2D eigenvalue weighted by Gasteiger charge is -2.37. The number of anilines is 1. The van der Waals surface area contributed by atoms with Crippen LogP contribution in [0.4, 0.5) is 18.9 Å². The summed E-state index contributed by atoms with van der Waals surface area (Å²) in [4.78, 5) is 28.7. The van der Waals surface area contributed by atoms with Gasteiger partial charge in [0.25, 0.3) is 0 Å². The quantitative estimate of drug-likeness (QED) is 0.632. The second-order valence-corrected chi connectivity index (χ2v) is 8.30. The molecule has 0 radical (unpaired) electrons. The highest BCUT2D eigenvalue weighted by molar-refractivity contribution is 6.31. The summed E-state index contributed by atoms with van der Waals surface area (Å²) in [6, 6.07) is 11.8. The van der Waals surface area contributed by atoms with Gasteiger partial charge in [0, 0.05) is 37.7 Å². The number of nitrogens with one attached hydrogen (secondary N) is 2. The maximum atomic E-state index is 13.1. The van der Waals surface area contributed by atoms with Crippen molar-refractivity contribution in [1.29, 1.82) is 0 Å². The normalized spacial score (nSPS) is 16.3. The number of benzene rings is 2. The molecule has 10 heteroatoms. The second-order valence-electron chi connectivity index (χ2n) is 7.89. The molecule has 1 aliphatic heterocycles. The predicted molar refractivity (Wildman–Crippen MR) is 121 cm³/mol. The van der Waals surface area contributed by atoms with Crippen LogP contribution >= 0.6 is 11.6 Å². The van der Waals surface area contributed by atoms with Gasteiger partial charge in [-0.2, -0.15) is 13.2 Å². The molecule has 33 heavy (non-hydrogen) atoms. The number of para-hydroxylation sites is 1. The lowest BCUT2D eigenvalue weighted by atomic mass is 10.1. The van der Waals surface area contributed by atoms with Gasteiger partial charge in [-0.3, -0.25) is 19.4 Å². The summed E-state index contributed by atoms with van der Waals surface area (Å²) in [7, 11) is 0. The monoisotopic (exact) mass is 482 g/mol. The maximum absolute atomic E-state index is 13.1. The Morgan fingerprint density at radius 1 is 1.03 bits per heavy atom. The van der Waals surface area contributed by atoms with E-state index in [0.29, 0.717) is 37.7 Å². The molecule has 2 aromatic rings. The van der Waals surface area contributed by atoms with Gasteiger partial charge in [-0.1, -0.05) is 41.9 Å². The zero-order valence-electron chi connectivity index (χ0n) is 18.2. The SMILES string of the molecule is C[C@H](C(=O)NCc1ccccc1Cl)N1CCN(CC(=O)Nc2ccccc2C(F)(F)F)CC1. The van der Waals surface area contributed by atoms with Crippen LogP contribution in [0.25, 0.3) is 0 Å². The third-order valence-electron chi connectivity index (χ3n) is 5.62. The molecule has 1 heterocycles. The first kappa shape index (κ1) is 25.0. The Morgan fingerprint density at radius 2 is 1.67 bits per heavy atom. The second kappa shape index (κ2) is 11.0. The van der Waals surface area contributed by atoms with Crippen LogP contribution in [0, 0.1) is 0 Å². The summed E-state index contributed by atoms with van der Waals surface area (Å²) in [5.74, 6) is -0.629. The third-order valence-corrected chi connectivity index (χ3v) is 5.99. The van der Waals surface area contributed by atoms with Crippen LogP contribution in [0.2, 0.25) is 5.02 Å². The van der Waals surface area contributed by atoms with Crippen LogP contribution in [-0.2, 0) is 22.3 Å². The van der Waals surface area contributed by atoms with E-state index in [4.69, 9.17) is 11.6 Å². The summed E-state index contributed by atoms with van der Waals surface area (Å²) in [5.41, 5.74) is -0.292. The molecule has 6 nitrogen and oxygen atoms in total. The van der Waals surface area contributed by atoms with Gasteiger partial charge < -0.3 is 10.6 Å². The summed E-state index contributed by atoms with van der Waals surface area (Å²) >= 11 is 6.12. The van der Waals surface area contributed by atoms with Crippen LogP contribution in [0.1, 0.15) is 18.1 Å². The van der Waals surface area contributed by atoms with Gasteiger partial charge >= 0.3 is 6.18 Å². The molecule has 1 aliphatic rings. The number of nitrogens with zero attached hydrogens (tertiary/aromatic N) is 2. The van der Waals surface area contributed by atoms with Crippen molar-refractivity contribution in [2.45, 2.75) is 25.7 Å². The van der Waals surface area contributed by atoms with Gasteiger partial charge in [-0.15, -0.1) is 0 Å². The molecule has 2 aromatic carbocycles. The molecule has 1 saturated heterocycles. The summed E-state index contributed by atoms with van der Waals surface area (Å²) in [5, 5.41) is 5.85. The molecule has 0 aromatic heterocycles. The predicted octanol–water partition coefficient (Wildman–Crippen LogP) is 3.62. The van der Waals surface area contributed by atoms with Crippen molar-refractivity contribution in [3.8, 4) is 0 Å². The van der Waals surface area contributed by atoms with Crippen molar-refractivity contribution < 1.29 is 22.8 Å². The van der Waals surface area contributed by atoms with E-state index in [-0.39, 0.29) is 24.2 Å². The maximum Gasteiger partial charge on any atom is 0.418 e. The number of piperazine rings is 1. The Labute approximate surface area is 195 Å². The van der Waals surface area contributed by atoms with Crippen molar-refractivity contribution in [2.75, 3.05) is 38.0 Å². The molecule has 0 spiro atoms. The molecule has 3 rings (SSSR count). The van der Waals surface area contributed by atoms with Gasteiger partial charge in [-0.05, 0) is 30.7 Å². The number of halogens is 4. The van der Waals surface area contributed by atoms with E-state index in [1.54, 1.807) is 6.07 Å². The van der Waals surface area contributed by atoms with Gasteiger partial charge in [0.15, 0.2) is 0 Å². The molecule has 1 atom stereocenters. The fourth-order valence-corrected chi connectivity index (χ4v) is 3.88. The number of alkyl halides is 3. The number of carbonyl (C=O) groups is 2. The number of amides is 2. The molecular formula is C23H26ClF3N4O2. The Balaban J connectivity index is 1.45. The highest BCUT2D eigenvalue weighted by Gasteiger charge is 2.34. The Morgan fingerprint density at radius 3 is 2.33 bits per heavy atom. The minimum atomic E-state index is -4.54. The molecule has 1 fully saturated rings. The zero-order chi connectivity index (χ0) is 24.0. The van der Waals surface area contributed by atoms with Crippen LogP contribution in [0.5, 0.6) is 0 Å². The van der Waals surface area contributed by atoms with Gasteiger partial charge in [0.2, 0.25) is 11.8 Å². The first-order valence-corrected chi connectivity index (χ1v) is 11.0. The lowest BCUT2D eigenvalue weighted by Crippen LogP contribution is -2.54. The first-order valence-electron chi connectivity index (χ1n) is 10.6. The molecule has 0 bridgehead atoms. The van der Waals surface area contributed by atoms with Crippen molar-refractivity contribution >= 4 is 29.1 Å². The molecular weight excluding hydrogens is 457 g/mol. The van der Waals surface area contributed by atoms with Crippen molar-refractivity contribution in [2.24, 2.45) is 0 Å². The van der Waals surface area contributed by atoms with Crippen molar-refractivity contribution in [3.63, 3.8) is 0 Å². The Hall–Kier alpha value is -2.62. The van der Waals surface area contributed by atoms with E-state index in [1.807, 2.05) is 34.9 Å². The molecule has 2 N–H and O–H groups in total. The Bertz CT molecular complexity index is 978. The fourth-order valence-electron chi connectivity index (χ4n) is 3.68. The summed E-state index contributed by atoms with van der Waals surface area (Å²) in [6.45, 7) is 4.31. The molecule has 178 valence electrons.